The molecule has 2 heterocycles. The van der Waals surface area contributed by atoms with E-state index in [1.165, 1.54) is 0 Å². The number of carbonyl (C=O) groups is 1. The molecular weight excluding hydrogens is 326 g/mol. The summed E-state index contributed by atoms with van der Waals surface area (Å²) in [5, 5.41) is 4.13. The summed E-state index contributed by atoms with van der Waals surface area (Å²) in [4.78, 5) is 19.5. The molecule has 0 spiro atoms. The molecule has 1 saturated heterocycles. The van der Waals surface area contributed by atoms with Gasteiger partial charge in [0.25, 0.3) is 0 Å². The van der Waals surface area contributed by atoms with Gasteiger partial charge in [0.2, 0.25) is 17.6 Å². The van der Waals surface area contributed by atoms with Crippen molar-refractivity contribution in [2.24, 2.45) is 5.92 Å². The second-order valence-electron chi connectivity index (χ2n) is 7.19. The highest BCUT2D eigenvalue weighted by Crippen LogP contribution is 2.29. The average molecular weight is 355 g/mol. The van der Waals surface area contributed by atoms with Gasteiger partial charge in [-0.25, -0.2) is 0 Å². The van der Waals surface area contributed by atoms with Crippen LogP contribution < -0.4 is 0 Å². The Kier molecular flexibility index (Phi) is 6.42. The third kappa shape index (κ3) is 4.32. The van der Waals surface area contributed by atoms with Crippen LogP contribution in [0.3, 0.4) is 0 Å². The molecule has 0 N–H and O–H groups in total. The third-order valence-electron chi connectivity index (χ3n) is 5.30. The first-order chi connectivity index (χ1) is 12.7. The highest BCUT2D eigenvalue weighted by atomic mass is 16.5. The molecule has 1 fully saturated rings. The monoisotopic (exact) mass is 355 g/mol. The highest BCUT2D eigenvalue weighted by molar-refractivity contribution is 5.79. The molecule has 26 heavy (non-hydrogen) atoms. The van der Waals surface area contributed by atoms with Crippen LogP contribution in [0.4, 0.5) is 0 Å². The van der Waals surface area contributed by atoms with Crippen molar-refractivity contribution in [3.8, 4) is 11.4 Å². The maximum absolute atomic E-state index is 12.9. The average Bonchev–Trinajstić information content (AvgIpc) is 3.19. The molecule has 140 valence electrons. The fourth-order valence-electron chi connectivity index (χ4n) is 3.70. The largest absolute Gasteiger partial charge is 0.342 e. The second kappa shape index (κ2) is 8.97. The highest BCUT2D eigenvalue weighted by Gasteiger charge is 2.31. The van der Waals surface area contributed by atoms with E-state index in [1.807, 2.05) is 35.2 Å². The smallest absolute Gasteiger partial charge is 0.231 e. The molecule has 1 aliphatic rings. The van der Waals surface area contributed by atoms with Gasteiger partial charge in [-0.05, 0) is 25.7 Å². The summed E-state index contributed by atoms with van der Waals surface area (Å²) in [5.74, 6) is 1.87. The van der Waals surface area contributed by atoms with Gasteiger partial charge in [0.1, 0.15) is 0 Å². The van der Waals surface area contributed by atoms with E-state index in [2.05, 4.69) is 24.0 Å². The molecule has 1 amide bonds. The van der Waals surface area contributed by atoms with Crippen LogP contribution >= 0.6 is 0 Å². The number of piperidine rings is 1. The van der Waals surface area contributed by atoms with Crippen LogP contribution in [-0.4, -0.2) is 34.0 Å². The van der Waals surface area contributed by atoms with Crippen LogP contribution in [0.2, 0.25) is 0 Å². The number of hydrogen-bond acceptors (Lipinski definition) is 4. The van der Waals surface area contributed by atoms with Crippen LogP contribution in [0.1, 0.15) is 64.2 Å². The predicted octanol–water partition coefficient (Wildman–Crippen LogP) is 4.66. The standard InChI is InChI=1S/C21H29N3O2/c1-3-5-10-16(4-2)21(25)24-14-9-13-18(15-24)20-22-19(23-26-20)17-11-7-6-8-12-17/h6-8,11-12,16,18H,3-5,9-10,13-15H2,1-2H3. The first kappa shape index (κ1) is 18.6. The Morgan fingerprint density at radius 3 is 2.85 bits per heavy atom. The van der Waals surface area contributed by atoms with E-state index in [4.69, 9.17) is 4.52 Å². The minimum Gasteiger partial charge on any atom is -0.342 e. The Morgan fingerprint density at radius 2 is 2.12 bits per heavy atom. The normalized spacial score (nSPS) is 18.7. The zero-order valence-corrected chi connectivity index (χ0v) is 15.9. The quantitative estimate of drug-likeness (QED) is 0.725. The summed E-state index contributed by atoms with van der Waals surface area (Å²) in [6.45, 7) is 5.83. The summed E-state index contributed by atoms with van der Waals surface area (Å²) in [6, 6.07) is 9.86. The first-order valence-electron chi connectivity index (χ1n) is 9.90. The number of rotatable bonds is 7. The van der Waals surface area contributed by atoms with Crippen molar-refractivity contribution >= 4 is 5.91 Å². The Labute approximate surface area is 155 Å². The van der Waals surface area contributed by atoms with Gasteiger partial charge in [-0.1, -0.05) is 62.2 Å². The number of aromatic nitrogens is 2. The molecule has 0 aliphatic carbocycles. The lowest BCUT2D eigenvalue weighted by atomic mass is 9.93. The molecule has 0 saturated carbocycles. The van der Waals surface area contributed by atoms with Gasteiger partial charge >= 0.3 is 0 Å². The van der Waals surface area contributed by atoms with E-state index < -0.39 is 0 Å². The summed E-state index contributed by atoms with van der Waals surface area (Å²) in [5.41, 5.74) is 0.955. The minimum atomic E-state index is 0.140. The lowest BCUT2D eigenvalue weighted by molar-refractivity contribution is -0.137. The van der Waals surface area contributed by atoms with Gasteiger partial charge in [0.15, 0.2) is 0 Å². The van der Waals surface area contributed by atoms with Crippen molar-refractivity contribution in [3.05, 3.63) is 36.2 Å². The number of hydrogen-bond donors (Lipinski definition) is 0. The lowest BCUT2D eigenvalue weighted by Crippen LogP contribution is -2.42. The molecule has 2 unspecified atom stereocenters. The molecule has 2 aromatic rings. The second-order valence-corrected chi connectivity index (χ2v) is 7.19. The molecule has 5 nitrogen and oxygen atoms in total. The molecule has 0 radical (unpaired) electrons. The lowest BCUT2D eigenvalue weighted by Gasteiger charge is -2.33. The molecular formula is C21H29N3O2. The number of carbonyl (C=O) groups excluding carboxylic acids is 1. The van der Waals surface area contributed by atoms with Gasteiger partial charge in [-0.3, -0.25) is 4.79 Å². The van der Waals surface area contributed by atoms with Crippen molar-refractivity contribution in [2.75, 3.05) is 13.1 Å². The van der Waals surface area contributed by atoms with Crippen LogP contribution in [0.15, 0.2) is 34.9 Å². The maximum atomic E-state index is 12.9. The fraction of sp³-hybridized carbons (Fsp3) is 0.571. The zero-order chi connectivity index (χ0) is 18.4. The molecule has 3 rings (SSSR count). The number of unbranched alkanes of at least 4 members (excludes halogenated alkanes) is 1. The summed E-state index contributed by atoms with van der Waals surface area (Å²) >= 11 is 0. The summed E-state index contributed by atoms with van der Waals surface area (Å²) in [7, 11) is 0. The van der Waals surface area contributed by atoms with Crippen molar-refractivity contribution in [2.45, 2.75) is 58.3 Å². The summed E-state index contributed by atoms with van der Waals surface area (Å²) < 4.78 is 5.54. The molecule has 2 atom stereocenters. The Balaban J connectivity index is 1.67. The van der Waals surface area contributed by atoms with Crippen LogP contribution in [-0.2, 0) is 4.79 Å². The van der Waals surface area contributed by atoms with Crippen LogP contribution in [0.5, 0.6) is 0 Å². The molecule has 1 aromatic carbocycles. The summed E-state index contributed by atoms with van der Waals surface area (Å²) in [6.07, 6.45) is 6.14. The third-order valence-corrected chi connectivity index (χ3v) is 5.30. The number of benzene rings is 1. The van der Waals surface area contributed by atoms with Gasteiger partial charge < -0.3 is 9.42 Å². The Hall–Kier alpha value is -2.17. The van der Waals surface area contributed by atoms with E-state index >= 15 is 0 Å². The number of nitrogens with zero attached hydrogens (tertiary/aromatic N) is 3. The number of likely N-dealkylation sites (tertiary alicyclic amines) is 1. The van der Waals surface area contributed by atoms with Crippen LogP contribution in [0.25, 0.3) is 11.4 Å². The van der Waals surface area contributed by atoms with Gasteiger partial charge in [-0.2, -0.15) is 4.98 Å². The fourth-order valence-corrected chi connectivity index (χ4v) is 3.70. The zero-order valence-electron chi connectivity index (χ0n) is 15.9. The van der Waals surface area contributed by atoms with Gasteiger partial charge in [0, 0.05) is 24.6 Å². The minimum absolute atomic E-state index is 0.140. The van der Waals surface area contributed by atoms with Crippen LogP contribution in [0, 0.1) is 5.92 Å². The molecule has 1 aromatic heterocycles. The van der Waals surface area contributed by atoms with Crippen molar-refractivity contribution in [3.63, 3.8) is 0 Å². The Morgan fingerprint density at radius 1 is 1.31 bits per heavy atom. The van der Waals surface area contributed by atoms with E-state index in [9.17, 15) is 4.79 Å². The first-order valence-corrected chi connectivity index (χ1v) is 9.90. The van der Waals surface area contributed by atoms with Gasteiger partial charge in [-0.15, -0.1) is 0 Å². The van der Waals surface area contributed by atoms with Gasteiger partial charge in [0.05, 0.1) is 5.92 Å². The van der Waals surface area contributed by atoms with E-state index in [1.54, 1.807) is 0 Å². The van der Waals surface area contributed by atoms with Crippen molar-refractivity contribution < 1.29 is 9.32 Å². The van der Waals surface area contributed by atoms with E-state index in [0.29, 0.717) is 24.2 Å². The SMILES string of the molecule is CCCCC(CC)C(=O)N1CCCC(c2nc(-c3ccccc3)no2)C1. The predicted molar refractivity (Wildman–Crippen MR) is 102 cm³/mol. The van der Waals surface area contributed by atoms with E-state index in [0.717, 1.165) is 50.6 Å². The maximum Gasteiger partial charge on any atom is 0.231 e. The molecule has 0 bridgehead atoms. The topological polar surface area (TPSA) is 59.2 Å². The van der Waals surface area contributed by atoms with Crippen molar-refractivity contribution in [1.82, 2.24) is 15.0 Å². The number of amides is 1. The van der Waals surface area contributed by atoms with Crippen molar-refractivity contribution in [1.29, 1.82) is 0 Å². The Bertz CT molecular complexity index is 698. The molecule has 1 aliphatic heterocycles. The molecule has 5 heteroatoms. The van der Waals surface area contributed by atoms with E-state index in [-0.39, 0.29) is 11.8 Å².